The monoisotopic (exact) mass is 568 g/mol. The van der Waals surface area contributed by atoms with Crippen LogP contribution in [0.5, 0.6) is 0 Å². The van der Waals surface area contributed by atoms with Gasteiger partial charge in [0, 0.05) is 31.1 Å². The molecule has 2 atom stereocenters. The van der Waals surface area contributed by atoms with E-state index in [1.807, 2.05) is 44.2 Å². The first-order chi connectivity index (χ1) is 19.3. The second-order valence-corrected chi connectivity index (χ2v) is 11.7. The molecule has 9 nitrogen and oxygen atoms in total. The third-order valence-electron chi connectivity index (χ3n) is 6.81. The summed E-state index contributed by atoms with van der Waals surface area (Å²) < 4.78 is 18.6. The molecule has 1 aliphatic rings. The minimum absolute atomic E-state index is 0.182. The molecule has 4 amide bonds. The molecule has 222 valence electrons. The van der Waals surface area contributed by atoms with Crippen LogP contribution in [-0.4, -0.2) is 59.5 Å². The zero-order valence-electron chi connectivity index (χ0n) is 24.4. The number of benzene rings is 2. The van der Waals surface area contributed by atoms with Gasteiger partial charge in [0.15, 0.2) is 0 Å². The number of nitrogens with zero attached hydrogens (tertiary/aromatic N) is 1. The molecular formula is C31H41FN4O5. The number of nitrogens with one attached hydrogen (secondary N) is 3. The summed E-state index contributed by atoms with van der Waals surface area (Å²) in [6, 6.07) is 13.2. The van der Waals surface area contributed by atoms with Crippen molar-refractivity contribution in [2.45, 2.75) is 71.6 Å². The van der Waals surface area contributed by atoms with Gasteiger partial charge in [-0.1, -0.05) is 44.2 Å². The van der Waals surface area contributed by atoms with Gasteiger partial charge in [0.25, 0.3) is 0 Å². The zero-order valence-corrected chi connectivity index (χ0v) is 24.4. The average molecular weight is 569 g/mol. The minimum Gasteiger partial charge on any atom is -0.444 e. The van der Waals surface area contributed by atoms with E-state index in [0.717, 1.165) is 5.56 Å². The normalized spacial score (nSPS) is 15.5. The van der Waals surface area contributed by atoms with Crippen molar-refractivity contribution >= 4 is 29.5 Å². The molecule has 1 aliphatic heterocycles. The van der Waals surface area contributed by atoms with E-state index in [9.17, 15) is 23.6 Å². The Kier molecular flexibility index (Phi) is 10.9. The maximum atomic E-state index is 13.5. The van der Waals surface area contributed by atoms with Crippen molar-refractivity contribution in [1.82, 2.24) is 15.5 Å². The fourth-order valence-electron chi connectivity index (χ4n) is 4.64. The Bertz CT molecular complexity index is 1190. The molecule has 1 saturated heterocycles. The van der Waals surface area contributed by atoms with Gasteiger partial charge in [-0.3, -0.25) is 14.4 Å². The number of carbonyl (C=O) groups is 4. The van der Waals surface area contributed by atoms with E-state index >= 15 is 0 Å². The summed E-state index contributed by atoms with van der Waals surface area (Å²) in [6.07, 6.45) is 0.483. The first-order valence-electron chi connectivity index (χ1n) is 14.0. The Labute approximate surface area is 241 Å². The average Bonchev–Trinajstić information content (AvgIpc) is 2.91. The molecule has 10 heteroatoms. The van der Waals surface area contributed by atoms with Gasteiger partial charge in [-0.05, 0) is 69.4 Å². The van der Waals surface area contributed by atoms with Crippen LogP contribution in [0, 0.1) is 17.7 Å². The van der Waals surface area contributed by atoms with Gasteiger partial charge in [0.1, 0.15) is 23.5 Å². The van der Waals surface area contributed by atoms with E-state index in [1.54, 1.807) is 25.7 Å². The van der Waals surface area contributed by atoms with Gasteiger partial charge >= 0.3 is 6.09 Å². The molecule has 0 spiro atoms. The van der Waals surface area contributed by atoms with E-state index < -0.39 is 29.6 Å². The highest BCUT2D eigenvalue weighted by atomic mass is 19.1. The molecule has 1 fully saturated rings. The number of alkyl carbamates (subject to hydrolysis) is 1. The van der Waals surface area contributed by atoms with E-state index in [4.69, 9.17) is 4.74 Å². The third kappa shape index (κ3) is 9.88. The van der Waals surface area contributed by atoms with E-state index in [0.29, 0.717) is 38.0 Å². The SMILES string of the molecule is CC(C)[C@H](NC(=O)C1CCN(C(=O)[C@H](Cc2ccccc2)NC(=O)OC(C)(C)C)CC1)C(=O)Nc1ccc(F)cc1. The van der Waals surface area contributed by atoms with Gasteiger partial charge < -0.3 is 25.6 Å². The molecule has 3 rings (SSSR count). The molecule has 0 radical (unpaired) electrons. The number of likely N-dealkylation sites (tertiary alicyclic amines) is 1. The van der Waals surface area contributed by atoms with Gasteiger partial charge in [-0.25, -0.2) is 9.18 Å². The Morgan fingerprint density at radius 2 is 1.56 bits per heavy atom. The number of hydrogen-bond donors (Lipinski definition) is 3. The van der Waals surface area contributed by atoms with Crippen LogP contribution >= 0.6 is 0 Å². The first-order valence-corrected chi connectivity index (χ1v) is 14.0. The standard InChI is InChI=1S/C31H41FN4O5/c1-20(2)26(28(38)33-24-13-11-23(32)12-14-24)35-27(37)22-15-17-36(18-16-22)29(39)25(19-21-9-7-6-8-10-21)34-30(40)41-31(3,4)5/h6-14,20,22,25-26H,15-19H2,1-5H3,(H,33,38)(H,34,40)(H,35,37)/t25-,26-/m0/s1. The summed E-state index contributed by atoms with van der Waals surface area (Å²) in [6.45, 7) is 9.62. The van der Waals surface area contributed by atoms with Crippen molar-refractivity contribution in [2.24, 2.45) is 11.8 Å². The Balaban J connectivity index is 1.59. The van der Waals surface area contributed by atoms with Crippen molar-refractivity contribution in [1.29, 1.82) is 0 Å². The lowest BCUT2D eigenvalue weighted by Crippen LogP contribution is -2.54. The fourth-order valence-corrected chi connectivity index (χ4v) is 4.64. The number of piperidine rings is 1. The summed E-state index contributed by atoms with van der Waals surface area (Å²) in [5.41, 5.74) is 0.628. The van der Waals surface area contributed by atoms with Crippen LogP contribution in [0.4, 0.5) is 14.9 Å². The highest BCUT2D eigenvalue weighted by molar-refractivity contribution is 5.97. The summed E-state index contributed by atoms with van der Waals surface area (Å²) >= 11 is 0. The lowest BCUT2D eigenvalue weighted by molar-refractivity contribution is -0.138. The van der Waals surface area contributed by atoms with E-state index in [1.165, 1.54) is 24.3 Å². The molecule has 2 aromatic rings. The third-order valence-corrected chi connectivity index (χ3v) is 6.81. The number of carbonyl (C=O) groups excluding carboxylic acids is 4. The summed E-state index contributed by atoms with van der Waals surface area (Å²) in [7, 11) is 0. The number of rotatable bonds is 9. The molecule has 41 heavy (non-hydrogen) atoms. The van der Waals surface area contributed by atoms with Crippen LogP contribution in [0.2, 0.25) is 0 Å². The quantitative estimate of drug-likeness (QED) is 0.418. The summed E-state index contributed by atoms with van der Waals surface area (Å²) in [5.74, 6) is -1.84. The Morgan fingerprint density at radius 1 is 0.951 bits per heavy atom. The van der Waals surface area contributed by atoms with Crippen molar-refractivity contribution in [3.63, 3.8) is 0 Å². The molecule has 1 heterocycles. The van der Waals surface area contributed by atoms with Crippen LogP contribution in [0.1, 0.15) is 53.0 Å². The maximum absolute atomic E-state index is 13.5. The maximum Gasteiger partial charge on any atom is 0.408 e. The highest BCUT2D eigenvalue weighted by Gasteiger charge is 2.34. The van der Waals surface area contributed by atoms with Gasteiger partial charge in [0.05, 0.1) is 0 Å². The predicted octanol–water partition coefficient (Wildman–Crippen LogP) is 4.28. The van der Waals surface area contributed by atoms with Crippen molar-refractivity contribution < 1.29 is 28.3 Å². The van der Waals surface area contributed by atoms with Gasteiger partial charge in [-0.2, -0.15) is 0 Å². The fraction of sp³-hybridized carbons (Fsp3) is 0.484. The summed E-state index contributed by atoms with van der Waals surface area (Å²) in [4.78, 5) is 53.7. The van der Waals surface area contributed by atoms with Crippen molar-refractivity contribution in [3.05, 3.63) is 66.0 Å². The van der Waals surface area contributed by atoms with Crippen LogP contribution in [0.15, 0.2) is 54.6 Å². The van der Waals surface area contributed by atoms with Gasteiger partial charge in [0.2, 0.25) is 17.7 Å². The molecule has 0 saturated carbocycles. The van der Waals surface area contributed by atoms with Gasteiger partial charge in [-0.15, -0.1) is 0 Å². The second-order valence-electron chi connectivity index (χ2n) is 11.7. The Morgan fingerprint density at radius 3 is 2.12 bits per heavy atom. The van der Waals surface area contributed by atoms with Crippen molar-refractivity contribution in [2.75, 3.05) is 18.4 Å². The first kappa shape index (κ1) is 31.6. The topological polar surface area (TPSA) is 117 Å². The number of amides is 4. The molecular weight excluding hydrogens is 527 g/mol. The van der Waals surface area contributed by atoms with Crippen molar-refractivity contribution in [3.8, 4) is 0 Å². The summed E-state index contributed by atoms with van der Waals surface area (Å²) in [5, 5.41) is 8.32. The largest absolute Gasteiger partial charge is 0.444 e. The zero-order chi connectivity index (χ0) is 30.2. The van der Waals surface area contributed by atoms with Crippen LogP contribution in [0.25, 0.3) is 0 Å². The lowest BCUT2D eigenvalue weighted by Gasteiger charge is -2.35. The number of hydrogen-bond acceptors (Lipinski definition) is 5. The highest BCUT2D eigenvalue weighted by Crippen LogP contribution is 2.20. The molecule has 2 aromatic carbocycles. The van der Waals surface area contributed by atoms with Crippen LogP contribution in [-0.2, 0) is 25.5 Å². The molecule has 3 N–H and O–H groups in total. The predicted molar refractivity (Wildman–Crippen MR) is 154 cm³/mol. The van der Waals surface area contributed by atoms with E-state index in [-0.39, 0.29) is 29.6 Å². The second kappa shape index (κ2) is 14.1. The number of anilines is 1. The number of ether oxygens (including phenoxy) is 1. The lowest BCUT2D eigenvalue weighted by atomic mass is 9.93. The molecule has 0 aliphatic carbocycles. The molecule has 0 aromatic heterocycles. The smallest absolute Gasteiger partial charge is 0.408 e. The molecule has 0 bridgehead atoms. The van der Waals surface area contributed by atoms with E-state index in [2.05, 4.69) is 16.0 Å². The Hall–Kier alpha value is -3.95. The minimum atomic E-state index is -0.821. The van der Waals surface area contributed by atoms with Crippen LogP contribution < -0.4 is 16.0 Å². The number of halogens is 1. The molecule has 0 unspecified atom stereocenters. The van der Waals surface area contributed by atoms with Crippen LogP contribution in [0.3, 0.4) is 0 Å².